The number of carbonyl (C=O) groups excluding carboxylic acids is 1. The summed E-state index contributed by atoms with van der Waals surface area (Å²) in [6.07, 6.45) is 0. The number of nitrogen functional groups attached to an aromatic ring is 1. The van der Waals surface area contributed by atoms with Crippen LogP contribution >= 0.6 is 15.9 Å². The summed E-state index contributed by atoms with van der Waals surface area (Å²) < 4.78 is 0.834. The standard InChI is InChI=1S/C10H10BrN5O/c1-5-3-2-4-6(7(5)11)13-9(17)8-14-10(12)16-15-8/h2-4H,1H3,(H,13,17)(H3,12,14,15,16). The van der Waals surface area contributed by atoms with E-state index in [1.54, 1.807) is 6.07 Å². The second-order valence-corrected chi connectivity index (χ2v) is 4.23. The Balaban J connectivity index is 2.21. The van der Waals surface area contributed by atoms with Gasteiger partial charge in [-0.15, -0.1) is 5.10 Å². The smallest absolute Gasteiger partial charge is 0.293 e. The quantitative estimate of drug-likeness (QED) is 0.786. The zero-order valence-electron chi connectivity index (χ0n) is 8.99. The van der Waals surface area contributed by atoms with Crippen molar-refractivity contribution in [2.75, 3.05) is 11.1 Å². The zero-order valence-corrected chi connectivity index (χ0v) is 10.6. The maximum absolute atomic E-state index is 11.8. The van der Waals surface area contributed by atoms with Gasteiger partial charge in [-0.25, -0.2) is 0 Å². The molecule has 0 fully saturated rings. The van der Waals surface area contributed by atoms with Crippen molar-refractivity contribution in [1.82, 2.24) is 15.2 Å². The zero-order chi connectivity index (χ0) is 12.4. The third-order valence-electron chi connectivity index (χ3n) is 2.16. The van der Waals surface area contributed by atoms with E-state index in [2.05, 4.69) is 36.4 Å². The average molecular weight is 296 g/mol. The molecule has 6 nitrogen and oxygen atoms in total. The van der Waals surface area contributed by atoms with E-state index in [1.165, 1.54) is 0 Å². The molecule has 88 valence electrons. The summed E-state index contributed by atoms with van der Waals surface area (Å²) in [7, 11) is 0. The van der Waals surface area contributed by atoms with E-state index >= 15 is 0 Å². The van der Waals surface area contributed by atoms with Gasteiger partial charge >= 0.3 is 0 Å². The van der Waals surface area contributed by atoms with Gasteiger partial charge in [0.25, 0.3) is 5.91 Å². The molecule has 1 heterocycles. The van der Waals surface area contributed by atoms with Crippen LogP contribution in [0.3, 0.4) is 0 Å². The van der Waals surface area contributed by atoms with Crippen LogP contribution in [-0.4, -0.2) is 21.1 Å². The lowest BCUT2D eigenvalue weighted by atomic mass is 10.2. The van der Waals surface area contributed by atoms with E-state index < -0.39 is 0 Å². The van der Waals surface area contributed by atoms with Crippen molar-refractivity contribution in [2.24, 2.45) is 0 Å². The Bertz CT molecular complexity index is 566. The molecule has 0 saturated carbocycles. The topological polar surface area (TPSA) is 96.7 Å². The number of carbonyl (C=O) groups is 1. The molecule has 1 aromatic carbocycles. The fraction of sp³-hybridized carbons (Fsp3) is 0.100. The van der Waals surface area contributed by atoms with Gasteiger partial charge in [-0.2, -0.15) is 4.98 Å². The summed E-state index contributed by atoms with van der Waals surface area (Å²) in [6.45, 7) is 1.94. The lowest BCUT2D eigenvalue weighted by molar-refractivity contribution is 0.101. The van der Waals surface area contributed by atoms with Crippen LogP contribution in [0.2, 0.25) is 0 Å². The minimum absolute atomic E-state index is 0.0402. The number of anilines is 2. The number of hydrogen-bond donors (Lipinski definition) is 3. The number of halogens is 1. The van der Waals surface area contributed by atoms with Crippen LogP contribution < -0.4 is 11.1 Å². The number of nitrogens with one attached hydrogen (secondary N) is 2. The summed E-state index contributed by atoms with van der Waals surface area (Å²) in [5, 5.41) is 8.74. The van der Waals surface area contributed by atoms with Crippen LogP contribution in [0, 0.1) is 6.92 Å². The molecule has 0 aliphatic rings. The van der Waals surface area contributed by atoms with E-state index in [9.17, 15) is 4.79 Å². The van der Waals surface area contributed by atoms with Gasteiger partial charge in [0.05, 0.1) is 5.69 Å². The second-order valence-electron chi connectivity index (χ2n) is 3.43. The van der Waals surface area contributed by atoms with E-state index in [-0.39, 0.29) is 17.7 Å². The molecular formula is C10H10BrN5O. The first-order chi connectivity index (χ1) is 8.08. The van der Waals surface area contributed by atoms with E-state index in [4.69, 9.17) is 5.73 Å². The van der Waals surface area contributed by atoms with Crippen molar-refractivity contribution in [3.63, 3.8) is 0 Å². The second kappa shape index (κ2) is 4.54. The highest BCUT2D eigenvalue weighted by Crippen LogP contribution is 2.25. The number of rotatable bonds is 2. The number of aromatic amines is 1. The Morgan fingerprint density at radius 3 is 2.94 bits per heavy atom. The van der Waals surface area contributed by atoms with Crippen LogP contribution in [-0.2, 0) is 0 Å². The first kappa shape index (κ1) is 11.6. The van der Waals surface area contributed by atoms with Crippen molar-refractivity contribution in [1.29, 1.82) is 0 Å². The van der Waals surface area contributed by atoms with Gasteiger partial charge in [0.15, 0.2) is 0 Å². The molecule has 7 heteroatoms. The highest BCUT2D eigenvalue weighted by atomic mass is 79.9. The normalized spacial score (nSPS) is 10.2. The van der Waals surface area contributed by atoms with E-state index in [1.807, 2.05) is 19.1 Å². The minimum atomic E-state index is -0.388. The molecule has 1 aromatic heterocycles. The van der Waals surface area contributed by atoms with E-state index in [0.29, 0.717) is 5.69 Å². The monoisotopic (exact) mass is 295 g/mol. The number of amides is 1. The van der Waals surface area contributed by atoms with Gasteiger partial charge in [0, 0.05) is 4.47 Å². The molecule has 0 unspecified atom stereocenters. The number of benzene rings is 1. The molecule has 0 spiro atoms. The number of hydrogen-bond acceptors (Lipinski definition) is 4. The summed E-state index contributed by atoms with van der Waals surface area (Å²) in [5.74, 6) is -0.269. The van der Waals surface area contributed by atoms with Crippen LogP contribution in [0.4, 0.5) is 11.6 Å². The fourth-order valence-corrected chi connectivity index (χ4v) is 1.67. The molecule has 2 rings (SSSR count). The van der Waals surface area contributed by atoms with Crippen LogP contribution in [0.15, 0.2) is 22.7 Å². The van der Waals surface area contributed by atoms with Gasteiger partial charge in [-0.05, 0) is 34.5 Å². The summed E-state index contributed by atoms with van der Waals surface area (Å²) in [6, 6.07) is 5.57. The van der Waals surface area contributed by atoms with Gasteiger partial charge in [0.1, 0.15) is 0 Å². The van der Waals surface area contributed by atoms with Gasteiger partial charge in [-0.3, -0.25) is 9.89 Å². The molecule has 0 bridgehead atoms. The SMILES string of the molecule is Cc1cccc(NC(=O)c2nc(N)n[nH]2)c1Br. The van der Waals surface area contributed by atoms with Crippen molar-refractivity contribution in [3.05, 3.63) is 34.1 Å². The average Bonchev–Trinajstić information content (AvgIpc) is 2.72. The van der Waals surface area contributed by atoms with Gasteiger partial charge in [0.2, 0.25) is 11.8 Å². The van der Waals surface area contributed by atoms with Crippen LogP contribution in [0.1, 0.15) is 16.2 Å². The third-order valence-corrected chi connectivity index (χ3v) is 3.21. The Kier molecular flexibility index (Phi) is 3.10. The Labute approximate surface area is 106 Å². The highest BCUT2D eigenvalue weighted by molar-refractivity contribution is 9.10. The Morgan fingerprint density at radius 1 is 1.53 bits per heavy atom. The number of nitrogens with zero attached hydrogens (tertiary/aromatic N) is 2. The minimum Gasteiger partial charge on any atom is -0.366 e. The molecule has 0 radical (unpaired) electrons. The van der Waals surface area contributed by atoms with Gasteiger partial charge in [-0.1, -0.05) is 12.1 Å². The lowest BCUT2D eigenvalue weighted by Gasteiger charge is -2.07. The van der Waals surface area contributed by atoms with Gasteiger partial charge < -0.3 is 11.1 Å². The maximum atomic E-state index is 11.8. The lowest BCUT2D eigenvalue weighted by Crippen LogP contribution is -2.14. The van der Waals surface area contributed by atoms with Crippen molar-refractivity contribution in [3.8, 4) is 0 Å². The molecule has 17 heavy (non-hydrogen) atoms. The molecule has 0 aliphatic carbocycles. The number of aromatic nitrogens is 3. The molecule has 2 aromatic rings. The fourth-order valence-electron chi connectivity index (χ4n) is 1.30. The summed E-state index contributed by atoms with van der Waals surface area (Å²) in [4.78, 5) is 15.5. The number of H-pyrrole nitrogens is 1. The number of nitrogens with two attached hydrogens (primary N) is 1. The molecular weight excluding hydrogens is 286 g/mol. The molecule has 4 N–H and O–H groups in total. The van der Waals surface area contributed by atoms with Crippen LogP contribution in [0.5, 0.6) is 0 Å². The summed E-state index contributed by atoms with van der Waals surface area (Å²) >= 11 is 3.40. The third kappa shape index (κ3) is 2.44. The molecule has 0 atom stereocenters. The molecule has 1 amide bonds. The molecule has 0 saturated heterocycles. The Hall–Kier alpha value is -1.89. The number of aryl methyl sites for hydroxylation is 1. The van der Waals surface area contributed by atoms with Crippen molar-refractivity contribution >= 4 is 33.5 Å². The van der Waals surface area contributed by atoms with E-state index in [0.717, 1.165) is 10.0 Å². The molecule has 0 aliphatic heterocycles. The predicted molar refractivity (Wildman–Crippen MR) is 67.6 cm³/mol. The Morgan fingerprint density at radius 2 is 2.29 bits per heavy atom. The van der Waals surface area contributed by atoms with Crippen LogP contribution in [0.25, 0.3) is 0 Å². The predicted octanol–water partition coefficient (Wildman–Crippen LogP) is 1.71. The first-order valence-corrected chi connectivity index (χ1v) is 5.61. The maximum Gasteiger partial charge on any atom is 0.293 e. The summed E-state index contributed by atoms with van der Waals surface area (Å²) in [5.41, 5.74) is 7.02. The first-order valence-electron chi connectivity index (χ1n) is 4.82. The largest absolute Gasteiger partial charge is 0.366 e. The van der Waals surface area contributed by atoms with Crippen molar-refractivity contribution in [2.45, 2.75) is 6.92 Å². The highest BCUT2D eigenvalue weighted by Gasteiger charge is 2.12. The van der Waals surface area contributed by atoms with Crippen molar-refractivity contribution < 1.29 is 4.79 Å².